The molecule has 0 radical (unpaired) electrons. The van der Waals surface area contributed by atoms with Crippen molar-refractivity contribution in [1.82, 2.24) is 0 Å². The number of hydrogen-bond donors (Lipinski definition) is 4. The summed E-state index contributed by atoms with van der Waals surface area (Å²) >= 11 is 0. The predicted octanol–water partition coefficient (Wildman–Crippen LogP) is 0.899. The van der Waals surface area contributed by atoms with Gasteiger partial charge in [-0.15, -0.1) is 0 Å². The van der Waals surface area contributed by atoms with Crippen molar-refractivity contribution in [3.8, 4) is 0 Å². The molecule has 1 rings (SSSR count). The molecule has 1 aliphatic carbocycles. The lowest BCUT2D eigenvalue weighted by molar-refractivity contribution is -0.138. The van der Waals surface area contributed by atoms with Gasteiger partial charge in [0.05, 0.1) is 17.3 Å². The highest BCUT2D eigenvalue weighted by Gasteiger charge is 2.38. The zero-order valence-corrected chi connectivity index (χ0v) is 13.2. The Balaban J connectivity index is 3.62. The smallest absolute Gasteiger partial charge is 0.332 e. The van der Waals surface area contributed by atoms with E-state index < -0.39 is 47.0 Å². The summed E-state index contributed by atoms with van der Waals surface area (Å²) in [6, 6.07) is 0. The molecule has 0 aromatic heterocycles. The second-order valence-corrected chi connectivity index (χ2v) is 5.57. The largest absolute Gasteiger partial charge is 0.478 e. The lowest BCUT2D eigenvalue weighted by Gasteiger charge is -2.23. The van der Waals surface area contributed by atoms with Crippen LogP contribution in [-0.4, -0.2) is 50.4 Å². The summed E-state index contributed by atoms with van der Waals surface area (Å²) in [6.45, 7) is 3.32. The molecule has 0 unspecified atom stereocenters. The average molecular weight is 326 g/mol. The lowest BCUT2D eigenvalue weighted by atomic mass is 9.83. The highest BCUT2D eigenvalue weighted by Crippen LogP contribution is 2.32. The summed E-state index contributed by atoms with van der Waals surface area (Å²) in [7, 11) is 0. The molecular formula is C16H22O7. The predicted molar refractivity (Wildman–Crippen MR) is 80.7 cm³/mol. The molecule has 7 heteroatoms. The zero-order valence-electron chi connectivity index (χ0n) is 13.2. The Morgan fingerprint density at radius 1 is 1.22 bits per heavy atom. The first-order valence-corrected chi connectivity index (χ1v) is 7.48. The fourth-order valence-electron chi connectivity index (χ4n) is 2.85. The minimum atomic E-state index is -1.65. The third kappa shape index (κ3) is 4.27. The molecule has 23 heavy (non-hydrogen) atoms. The monoisotopic (exact) mass is 326 g/mol. The van der Waals surface area contributed by atoms with Crippen molar-refractivity contribution < 1.29 is 34.8 Å². The molecule has 0 spiro atoms. The summed E-state index contributed by atoms with van der Waals surface area (Å²) < 4.78 is 0. The third-order valence-electron chi connectivity index (χ3n) is 4.07. The van der Waals surface area contributed by atoms with E-state index in [1.165, 1.54) is 6.08 Å². The van der Waals surface area contributed by atoms with E-state index in [4.69, 9.17) is 0 Å². The summed E-state index contributed by atoms with van der Waals surface area (Å²) in [4.78, 5) is 35.3. The summed E-state index contributed by atoms with van der Waals surface area (Å²) in [6.07, 6.45) is -1.46. The zero-order chi connectivity index (χ0) is 17.7. The number of aliphatic carboxylic acids is 2. The van der Waals surface area contributed by atoms with Crippen molar-refractivity contribution in [2.45, 2.75) is 51.7 Å². The molecule has 128 valence electrons. The standard InChI is InChI=1S/C16H22O7/c1-3-5-9-13(16(22)23)10(15(20)21)6-8(4-2)11(17)7-12(18)14(9)19/h4,9,11,14,17,19H,3,5-7H2,1-2H3,(H,20,21)(H,22,23)/b8-4-,13-10-/t9-,11-,14-/m0/s1. The molecule has 0 saturated heterocycles. The SMILES string of the molecule is C/C=C1/C/C(C(=O)O)=C(/C(=O)O)[C@H](CCC)[C@H](O)C(=O)C[C@@H]1O. The van der Waals surface area contributed by atoms with E-state index in [0.717, 1.165) is 0 Å². The quantitative estimate of drug-likeness (QED) is 0.564. The summed E-state index contributed by atoms with van der Waals surface area (Å²) in [5.41, 5.74) is -0.621. The second kappa shape index (κ2) is 8.03. The van der Waals surface area contributed by atoms with Gasteiger partial charge in [-0.2, -0.15) is 0 Å². The number of hydrogen-bond acceptors (Lipinski definition) is 5. The number of aliphatic hydroxyl groups is 2. The van der Waals surface area contributed by atoms with E-state index in [2.05, 4.69) is 0 Å². The van der Waals surface area contributed by atoms with Crippen LogP contribution in [-0.2, 0) is 14.4 Å². The minimum Gasteiger partial charge on any atom is -0.478 e. The lowest BCUT2D eigenvalue weighted by Crippen LogP contribution is -2.35. The van der Waals surface area contributed by atoms with Gasteiger partial charge in [0.15, 0.2) is 5.78 Å². The van der Waals surface area contributed by atoms with Crippen LogP contribution in [0.2, 0.25) is 0 Å². The molecule has 0 aromatic carbocycles. The van der Waals surface area contributed by atoms with Crippen molar-refractivity contribution in [2.75, 3.05) is 0 Å². The number of carbonyl (C=O) groups is 3. The van der Waals surface area contributed by atoms with Gasteiger partial charge >= 0.3 is 11.9 Å². The van der Waals surface area contributed by atoms with Crippen LogP contribution in [0.3, 0.4) is 0 Å². The van der Waals surface area contributed by atoms with E-state index in [9.17, 15) is 34.8 Å². The van der Waals surface area contributed by atoms with Gasteiger partial charge in [0.25, 0.3) is 0 Å². The van der Waals surface area contributed by atoms with E-state index in [1.807, 2.05) is 0 Å². The maximum atomic E-state index is 12.1. The van der Waals surface area contributed by atoms with E-state index >= 15 is 0 Å². The van der Waals surface area contributed by atoms with Crippen molar-refractivity contribution >= 4 is 17.7 Å². The number of allylic oxidation sites excluding steroid dienone is 1. The molecule has 4 N–H and O–H groups in total. The first kappa shape index (κ1) is 19.1. The van der Waals surface area contributed by atoms with E-state index in [1.54, 1.807) is 13.8 Å². The van der Waals surface area contributed by atoms with Gasteiger partial charge in [0.2, 0.25) is 0 Å². The fourth-order valence-corrected chi connectivity index (χ4v) is 2.85. The van der Waals surface area contributed by atoms with Crippen LogP contribution in [0, 0.1) is 5.92 Å². The Morgan fingerprint density at radius 3 is 2.26 bits per heavy atom. The number of aliphatic hydroxyl groups excluding tert-OH is 2. The highest BCUT2D eigenvalue weighted by atomic mass is 16.4. The number of rotatable bonds is 4. The fraction of sp³-hybridized carbons (Fsp3) is 0.562. The number of Topliss-reactive ketones (excluding diaryl/α,β-unsaturated/α-hetero) is 1. The van der Waals surface area contributed by atoms with E-state index in [0.29, 0.717) is 6.42 Å². The van der Waals surface area contributed by atoms with Crippen LogP contribution in [0.5, 0.6) is 0 Å². The summed E-state index contributed by atoms with van der Waals surface area (Å²) in [5.74, 6) is -4.71. The van der Waals surface area contributed by atoms with Crippen LogP contribution >= 0.6 is 0 Å². The molecular weight excluding hydrogens is 304 g/mol. The van der Waals surface area contributed by atoms with Crippen LogP contribution in [0.4, 0.5) is 0 Å². The minimum absolute atomic E-state index is 0.159. The Labute approximate surface area is 133 Å². The maximum absolute atomic E-state index is 12.1. The van der Waals surface area contributed by atoms with Crippen molar-refractivity contribution in [1.29, 1.82) is 0 Å². The van der Waals surface area contributed by atoms with Gasteiger partial charge in [0, 0.05) is 18.8 Å². The molecule has 1 aliphatic rings. The van der Waals surface area contributed by atoms with Crippen LogP contribution in [0.1, 0.15) is 39.5 Å². The van der Waals surface area contributed by atoms with E-state index in [-0.39, 0.29) is 24.8 Å². The Kier molecular flexibility index (Phi) is 6.65. The van der Waals surface area contributed by atoms with Gasteiger partial charge < -0.3 is 20.4 Å². The van der Waals surface area contributed by atoms with Gasteiger partial charge in [-0.3, -0.25) is 4.79 Å². The average Bonchev–Trinajstić information content (AvgIpc) is 2.50. The highest BCUT2D eigenvalue weighted by molar-refractivity contribution is 6.00. The molecule has 0 aromatic rings. The number of carbonyl (C=O) groups excluding carboxylic acids is 1. The molecule has 7 nitrogen and oxygen atoms in total. The molecule has 0 amide bonds. The molecule has 0 fully saturated rings. The Morgan fingerprint density at radius 2 is 1.83 bits per heavy atom. The molecule has 0 bridgehead atoms. The van der Waals surface area contributed by atoms with Gasteiger partial charge in [-0.1, -0.05) is 19.4 Å². The number of carboxylic acid groups (broad SMARTS) is 2. The Hall–Kier alpha value is -1.99. The Bertz CT molecular complexity index is 559. The maximum Gasteiger partial charge on any atom is 0.332 e. The molecule has 3 atom stereocenters. The second-order valence-electron chi connectivity index (χ2n) is 5.57. The van der Waals surface area contributed by atoms with Crippen LogP contribution in [0.15, 0.2) is 22.8 Å². The first-order valence-electron chi connectivity index (χ1n) is 7.48. The van der Waals surface area contributed by atoms with Crippen LogP contribution < -0.4 is 0 Å². The molecule has 0 saturated carbocycles. The first-order chi connectivity index (χ1) is 10.7. The normalized spacial score (nSPS) is 31.4. The molecule has 0 aliphatic heterocycles. The number of ketones is 1. The summed E-state index contributed by atoms with van der Waals surface area (Å²) in [5, 5.41) is 39.2. The number of carboxylic acids is 2. The van der Waals surface area contributed by atoms with Crippen molar-refractivity contribution in [2.24, 2.45) is 5.92 Å². The molecule has 0 heterocycles. The van der Waals surface area contributed by atoms with Crippen LogP contribution in [0.25, 0.3) is 0 Å². The topological polar surface area (TPSA) is 132 Å². The van der Waals surface area contributed by atoms with Gasteiger partial charge in [0.1, 0.15) is 6.10 Å². The van der Waals surface area contributed by atoms with Crippen molar-refractivity contribution in [3.05, 3.63) is 22.8 Å². The van der Waals surface area contributed by atoms with Crippen molar-refractivity contribution in [3.63, 3.8) is 0 Å². The third-order valence-corrected chi connectivity index (χ3v) is 4.07. The van der Waals surface area contributed by atoms with Gasteiger partial charge in [-0.05, 0) is 18.9 Å². The van der Waals surface area contributed by atoms with Gasteiger partial charge in [-0.25, -0.2) is 9.59 Å².